The van der Waals surface area contributed by atoms with Crippen molar-refractivity contribution in [3.8, 4) is 17.1 Å². The van der Waals surface area contributed by atoms with Gasteiger partial charge >= 0.3 is 0 Å². The van der Waals surface area contributed by atoms with Crippen molar-refractivity contribution in [1.29, 1.82) is 0 Å². The zero-order valence-electron chi connectivity index (χ0n) is 10.7. The summed E-state index contributed by atoms with van der Waals surface area (Å²) in [6.45, 7) is 0. The molecule has 1 N–H and O–H groups in total. The molecule has 3 nitrogen and oxygen atoms in total. The van der Waals surface area contributed by atoms with Gasteiger partial charge in [0.2, 0.25) is 0 Å². The first-order valence-corrected chi connectivity index (χ1v) is 6.26. The van der Waals surface area contributed by atoms with Crippen molar-refractivity contribution in [2.45, 2.75) is 0 Å². The Bertz CT molecular complexity index is 600. The molecule has 3 aromatic rings. The van der Waals surface area contributed by atoms with Crippen LogP contribution in [0.3, 0.4) is 0 Å². The van der Waals surface area contributed by atoms with Crippen LogP contribution < -0.4 is 5.32 Å². The fourth-order valence-electron chi connectivity index (χ4n) is 2.08. The largest absolute Gasteiger partial charge is 0.372 e. The predicted molar refractivity (Wildman–Crippen MR) is 78.5 cm³/mol. The standard InChI is InChI=1S/C16H15N3/c1-17-15-12-19(14-10-6-3-7-11-14)16(18-15)13-8-4-2-5-9-13/h2-12,17H,1H3. The highest BCUT2D eigenvalue weighted by Gasteiger charge is 2.10. The number of anilines is 1. The van der Waals surface area contributed by atoms with E-state index in [-0.39, 0.29) is 0 Å². The van der Waals surface area contributed by atoms with Gasteiger partial charge in [-0.15, -0.1) is 0 Å². The van der Waals surface area contributed by atoms with Crippen molar-refractivity contribution in [3.63, 3.8) is 0 Å². The summed E-state index contributed by atoms with van der Waals surface area (Å²) in [5, 5.41) is 3.10. The van der Waals surface area contributed by atoms with Crippen molar-refractivity contribution in [1.82, 2.24) is 9.55 Å². The normalized spacial score (nSPS) is 10.4. The van der Waals surface area contributed by atoms with Crippen LogP contribution in [0.5, 0.6) is 0 Å². The quantitative estimate of drug-likeness (QED) is 0.769. The highest BCUT2D eigenvalue weighted by atomic mass is 15.1. The minimum atomic E-state index is 0.864. The summed E-state index contributed by atoms with van der Waals surface area (Å²) >= 11 is 0. The van der Waals surface area contributed by atoms with Gasteiger partial charge in [0, 0.05) is 18.3 Å². The summed E-state index contributed by atoms with van der Waals surface area (Å²) in [5.74, 6) is 1.80. The molecule has 94 valence electrons. The lowest BCUT2D eigenvalue weighted by molar-refractivity contribution is 1.07. The maximum absolute atomic E-state index is 4.63. The van der Waals surface area contributed by atoms with E-state index in [1.165, 1.54) is 0 Å². The third kappa shape index (κ3) is 2.22. The Morgan fingerprint density at radius 3 is 2.16 bits per heavy atom. The van der Waals surface area contributed by atoms with Gasteiger partial charge in [0.1, 0.15) is 11.6 Å². The molecule has 0 radical (unpaired) electrons. The van der Waals surface area contributed by atoms with Gasteiger partial charge in [-0.25, -0.2) is 4.98 Å². The SMILES string of the molecule is CNc1cn(-c2ccccc2)c(-c2ccccc2)n1. The first-order chi connectivity index (χ1) is 9.38. The van der Waals surface area contributed by atoms with E-state index in [1.54, 1.807) is 0 Å². The fourth-order valence-corrected chi connectivity index (χ4v) is 2.08. The third-order valence-corrected chi connectivity index (χ3v) is 3.03. The molecule has 0 saturated heterocycles. The summed E-state index contributed by atoms with van der Waals surface area (Å²) in [7, 11) is 1.88. The number of nitrogens with zero attached hydrogens (tertiary/aromatic N) is 2. The lowest BCUT2D eigenvalue weighted by Crippen LogP contribution is -1.95. The Hall–Kier alpha value is -2.55. The van der Waals surface area contributed by atoms with E-state index in [9.17, 15) is 0 Å². The summed E-state index contributed by atoms with van der Waals surface area (Å²) in [6, 6.07) is 20.4. The summed E-state index contributed by atoms with van der Waals surface area (Å²) in [4.78, 5) is 4.63. The lowest BCUT2D eigenvalue weighted by atomic mass is 10.2. The molecular formula is C16H15N3. The first kappa shape index (κ1) is 11.5. The molecule has 0 amide bonds. The van der Waals surface area contributed by atoms with E-state index in [4.69, 9.17) is 0 Å². The maximum atomic E-state index is 4.63. The van der Waals surface area contributed by atoms with E-state index in [1.807, 2.05) is 49.6 Å². The highest BCUT2D eigenvalue weighted by Crippen LogP contribution is 2.24. The van der Waals surface area contributed by atoms with E-state index in [0.29, 0.717) is 0 Å². The van der Waals surface area contributed by atoms with Crippen molar-refractivity contribution >= 4 is 5.82 Å². The van der Waals surface area contributed by atoms with Crippen LogP contribution in [0.15, 0.2) is 66.9 Å². The van der Waals surface area contributed by atoms with E-state index >= 15 is 0 Å². The van der Waals surface area contributed by atoms with Crippen LogP contribution in [0.25, 0.3) is 17.1 Å². The Kier molecular flexibility index (Phi) is 3.02. The van der Waals surface area contributed by atoms with Crippen LogP contribution in [0, 0.1) is 0 Å². The van der Waals surface area contributed by atoms with Crippen LogP contribution in [0.1, 0.15) is 0 Å². The average Bonchev–Trinajstić information content (AvgIpc) is 2.93. The molecule has 0 aliphatic rings. The van der Waals surface area contributed by atoms with Crippen LogP contribution in [0.2, 0.25) is 0 Å². The Labute approximate surface area is 112 Å². The number of hydrogen-bond donors (Lipinski definition) is 1. The smallest absolute Gasteiger partial charge is 0.147 e. The van der Waals surface area contributed by atoms with Gasteiger partial charge in [0.25, 0.3) is 0 Å². The summed E-state index contributed by atoms with van der Waals surface area (Å²) in [5.41, 5.74) is 2.21. The van der Waals surface area contributed by atoms with Crippen LogP contribution in [0.4, 0.5) is 5.82 Å². The minimum Gasteiger partial charge on any atom is -0.372 e. The number of hydrogen-bond acceptors (Lipinski definition) is 2. The van der Waals surface area contributed by atoms with Crippen LogP contribution in [-0.2, 0) is 0 Å². The third-order valence-electron chi connectivity index (χ3n) is 3.03. The minimum absolute atomic E-state index is 0.864. The monoisotopic (exact) mass is 249 g/mol. The number of nitrogens with one attached hydrogen (secondary N) is 1. The average molecular weight is 249 g/mol. The summed E-state index contributed by atoms with van der Waals surface area (Å²) < 4.78 is 2.10. The first-order valence-electron chi connectivity index (χ1n) is 6.26. The van der Waals surface area contributed by atoms with Crippen molar-refractivity contribution in [2.24, 2.45) is 0 Å². The zero-order chi connectivity index (χ0) is 13.1. The molecule has 3 heteroatoms. The molecule has 0 saturated carbocycles. The number of benzene rings is 2. The van der Waals surface area contributed by atoms with E-state index in [0.717, 1.165) is 22.9 Å². The molecule has 19 heavy (non-hydrogen) atoms. The number of imidazole rings is 1. The fraction of sp³-hybridized carbons (Fsp3) is 0.0625. The van der Waals surface area contributed by atoms with Crippen molar-refractivity contribution < 1.29 is 0 Å². The van der Waals surface area contributed by atoms with Gasteiger partial charge in [0.05, 0.1) is 6.20 Å². The molecule has 0 fully saturated rings. The van der Waals surface area contributed by atoms with E-state index < -0.39 is 0 Å². The molecule has 2 aromatic carbocycles. The second-order valence-electron chi connectivity index (χ2n) is 4.27. The molecule has 0 aliphatic carbocycles. The molecule has 3 rings (SSSR count). The Morgan fingerprint density at radius 2 is 1.53 bits per heavy atom. The Balaban J connectivity index is 2.17. The molecule has 0 bridgehead atoms. The Morgan fingerprint density at radius 1 is 0.895 bits per heavy atom. The molecule has 0 spiro atoms. The number of aromatic nitrogens is 2. The summed E-state index contributed by atoms with van der Waals surface area (Å²) in [6.07, 6.45) is 2.01. The number of rotatable bonds is 3. The molecule has 1 heterocycles. The van der Waals surface area contributed by atoms with Gasteiger partial charge in [-0.05, 0) is 12.1 Å². The predicted octanol–water partition coefficient (Wildman–Crippen LogP) is 3.58. The van der Waals surface area contributed by atoms with Crippen molar-refractivity contribution in [2.75, 3.05) is 12.4 Å². The second-order valence-corrected chi connectivity index (χ2v) is 4.27. The molecule has 0 aliphatic heterocycles. The second kappa shape index (κ2) is 4.98. The molecule has 1 aromatic heterocycles. The number of para-hydroxylation sites is 1. The highest BCUT2D eigenvalue weighted by molar-refractivity contribution is 5.62. The maximum Gasteiger partial charge on any atom is 0.147 e. The van der Waals surface area contributed by atoms with Gasteiger partial charge in [0.15, 0.2) is 0 Å². The van der Waals surface area contributed by atoms with Crippen LogP contribution >= 0.6 is 0 Å². The van der Waals surface area contributed by atoms with Gasteiger partial charge in [-0.3, -0.25) is 4.57 Å². The van der Waals surface area contributed by atoms with Gasteiger partial charge < -0.3 is 5.32 Å². The molecule has 0 unspecified atom stereocenters. The topological polar surface area (TPSA) is 29.9 Å². The van der Waals surface area contributed by atoms with Gasteiger partial charge in [-0.2, -0.15) is 0 Å². The van der Waals surface area contributed by atoms with Crippen molar-refractivity contribution in [3.05, 3.63) is 66.9 Å². The molecular weight excluding hydrogens is 234 g/mol. The lowest BCUT2D eigenvalue weighted by Gasteiger charge is -2.07. The van der Waals surface area contributed by atoms with E-state index in [2.05, 4.69) is 39.1 Å². The van der Waals surface area contributed by atoms with Gasteiger partial charge in [-0.1, -0.05) is 48.5 Å². The van der Waals surface area contributed by atoms with Crippen LogP contribution in [-0.4, -0.2) is 16.6 Å². The molecule has 0 atom stereocenters. The zero-order valence-corrected chi connectivity index (χ0v) is 10.7.